The summed E-state index contributed by atoms with van der Waals surface area (Å²) in [4.78, 5) is 4.70. The summed E-state index contributed by atoms with van der Waals surface area (Å²) in [6.07, 6.45) is 8.71. The van der Waals surface area contributed by atoms with Crippen LogP contribution in [0.2, 0.25) is 0 Å². The molecule has 2 aromatic rings. The second-order valence-electron chi connectivity index (χ2n) is 4.05. The lowest BCUT2D eigenvalue weighted by molar-refractivity contribution is 1.04. The van der Waals surface area contributed by atoms with Crippen LogP contribution in [-0.4, -0.2) is 4.98 Å². The molecule has 0 saturated heterocycles. The van der Waals surface area contributed by atoms with Gasteiger partial charge in [0.05, 0.1) is 11.2 Å². The van der Waals surface area contributed by atoms with Crippen LogP contribution in [0.15, 0.2) is 54.6 Å². The Balaban J connectivity index is 2.11. The molecule has 1 aliphatic carbocycles. The Morgan fingerprint density at radius 2 is 1.94 bits per heavy atom. The Morgan fingerprint density at radius 3 is 2.81 bits per heavy atom. The molecule has 0 spiro atoms. The van der Waals surface area contributed by atoms with Gasteiger partial charge in [-0.15, -0.1) is 0 Å². The van der Waals surface area contributed by atoms with Gasteiger partial charge >= 0.3 is 0 Å². The smallest absolute Gasteiger partial charge is 0.0709 e. The number of hydrogen-bond acceptors (Lipinski definition) is 1. The summed E-state index contributed by atoms with van der Waals surface area (Å²) in [5.41, 5.74) is 3.53. The number of allylic oxidation sites excluding steroid dienone is 4. The number of benzene rings is 1. The number of nitrogens with zero attached hydrogens (tertiary/aromatic N) is 1. The van der Waals surface area contributed by atoms with Crippen LogP contribution in [0.25, 0.3) is 16.5 Å². The Morgan fingerprint density at radius 1 is 1.00 bits per heavy atom. The van der Waals surface area contributed by atoms with Gasteiger partial charge in [0.15, 0.2) is 0 Å². The number of aromatic nitrogens is 1. The minimum Gasteiger partial charge on any atom is -0.248 e. The lowest BCUT2D eigenvalue weighted by Gasteiger charge is -2.09. The van der Waals surface area contributed by atoms with Gasteiger partial charge in [-0.1, -0.05) is 42.5 Å². The van der Waals surface area contributed by atoms with E-state index in [2.05, 4.69) is 42.5 Å². The molecule has 1 heteroatoms. The van der Waals surface area contributed by atoms with Crippen LogP contribution in [0.1, 0.15) is 18.5 Å². The highest BCUT2D eigenvalue weighted by Gasteiger charge is 2.05. The molecule has 0 atom stereocenters. The van der Waals surface area contributed by atoms with Crippen LogP contribution in [0, 0.1) is 0 Å². The van der Waals surface area contributed by atoms with Crippen LogP contribution >= 0.6 is 0 Å². The molecule has 1 aromatic carbocycles. The maximum Gasteiger partial charge on any atom is 0.0709 e. The van der Waals surface area contributed by atoms with Crippen molar-refractivity contribution < 1.29 is 0 Å². The third kappa shape index (κ3) is 1.65. The molecule has 78 valence electrons. The molecule has 0 bridgehead atoms. The molecule has 0 fully saturated rings. The molecule has 1 aromatic heterocycles. The summed E-state index contributed by atoms with van der Waals surface area (Å²) in [6, 6.07) is 12.5. The standard InChI is InChI=1S/C15H13N/c1-2-6-12(7-3-1)15-11-10-13-8-4-5-9-14(13)16-15/h1-2,4-6,8-11H,3,7H2. The third-order valence-corrected chi connectivity index (χ3v) is 2.94. The van der Waals surface area contributed by atoms with Gasteiger partial charge in [-0.25, -0.2) is 4.98 Å². The van der Waals surface area contributed by atoms with Gasteiger partial charge in [-0.05, 0) is 30.5 Å². The molecular formula is C15H13N. The predicted molar refractivity (Wildman–Crippen MR) is 68.1 cm³/mol. The highest BCUT2D eigenvalue weighted by molar-refractivity contribution is 5.81. The SMILES string of the molecule is C1=CCCC(c2ccc3ccccc3n2)=C1. The lowest BCUT2D eigenvalue weighted by atomic mass is 10.0. The van der Waals surface area contributed by atoms with Crippen molar-refractivity contribution in [2.45, 2.75) is 12.8 Å². The van der Waals surface area contributed by atoms with Crippen molar-refractivity contribution in [1.82, 2.24) is 4.98 Å². The normalized spacial score (nSPS) is 15.1. The molecular weight excluding hydrogens is 194 g/mol. The summed E-state index contributed by atoms with van der Waals surface area (Å²) >= 11 is 0. The first kappa shape index (κ1) is 9.34. The van der Waals surface area contributed by atoms with E-state index in [0.29, 0.717) is 0 Å². The summed E-state index contributed by atoms with van der Waals surface area (Å²) in [7, 11) is 0. The van der Waals surface area contributed by atoms with E-state index in [4.69, 9.17) is 4.98 Å². The quantitative estimate of drug-likeness (QED) is 0.689. The zero-order valence-corrected chi connectivity index (χ0v) is 9.06. The van der Waals surface area contributed by atoms with Gasteiger partial charge < -0.3 is 0 Å². The van der Waals surface area contributed by atoms with E-state index in [0.717, 1.165) is 24.1 Å². The van der Waals surface area contributed by atoms with Crippen LogP contribution in [0.3, 0.4) is 0 Å². The van der Waals surface area contributed by atoms with Crippen molar-refractivity contribution in [2.24, 2.45) is 0 Å². The number of rotatable bonds is 1. The maximum atomic E-state index is 4.70. The number of pyridine rings is 1. The first-order chi connectivity index (χ1) is 7.93. The minimum absolute atomic E-state index is 1.08. The third-order valence-electron chi connectivity index (χ3n) is 2.94. The lowest BCUT2D eigenvalue weighted by Crippen LogP contribution is -1.92. The van der Waals surface area contributed by atoms with E-state index in [1.54, 1.807) is 0 Å². The second-order valence-corrected chi connectivity index (χ2v) is 4.05. The van der Waals surface area contributed by atoms with Gasteiger partial charge in [-0.3, -0.25) is 0 Å². The number of hydrogen-bond donors (Lipinski definition) is 0. The fourth-order valence-electron chi connectivity index (χ4n) is 2.06. The van der Waals surface area contributed by atoms with Gasteiger partial charge in [-0.2, -0.15) is 0 Å². The second kappa shape index (κ2) is 3.93. The maximum absolute atomic E-state index is 4.70. The zero-order chi connectivity index (χ0) is 10.8. The molecule has 16 heavy (non-hydrogen) atoms. The Bertz CT molecular complexity index is 579. The van der Waals surface area contributed by atoms with Gasteiger partial charge in [0.1, 0.15) is 0 Å². The first-order valence-corrected chi connectivity index (χ1v) is 5.65. The zero-order valence-electron chi connectivity index (χ0n) is 9.06. The van der Waals surface area contributed by atoms with Crippen molar-refractivity contribution in [3.8, 4) is 0 Å². The van der Waals surface area contributed by atoms with E-state index in [1.165, 1.54) is 11.0 Å². The molecule has 1 aliphatic rings. The first-order valence-electron chi connectivity index (χ1n) is 5.65. The summed E-state index contributed by atoms with van der Waals surface area (Å²) in [5.74, 6) is 0. The average Bonchev–Trinajstić information content (AvgIpc) is 2.39. The largest absolute Gasteiger partial charge is 0.248 e. The van der Waals surface area contributed by atoms with Crippen LogP contribution in [0.4, 0.5) is 0 Å². The predicted octanol–water partition coefficient (Wildman–Crippen LogP) is 3.97. The van der Waals surface area contributed by atoms with Crippen LogP contribution < -0.4 is 0 Å². The minimum atomic E-state index is 1.08. The Kier molecular flexibility index (Phi) is 2.30. The Hall–Kier alpha value is -1.89. The summed E-state index contributed by atoms with van der Waals surface area (Å²) < 4.78 is 0. The molecule has 1 nitrogen and oxygen atoms in total. The molecule has 0 unspecified atom stereocenters. The molecule has 0 saturated carbocycles. The number of para-hydroxylation sites is 1. The summed E-state index contributed by atoms with van der Waals surface area (Å²) in [6.45, 7) is 0. The van der Waals surface area contributed by atoms with E-state index < -0.39 is 0 Å². The fraction of sp³-hybridized carbons (Fsp3) is 0.133. The monoisotopic (exact) mass is 207 g/mol. The topological polar surface area (TPSA) is 12.9 Å². The van der Waals surface area contributed by atoms with E-state index in [9.17, 15) is 0 Å². The molecule has 0 aliphatic heterocycles. The van der Waals surface area contributed by atoms with Crippen molar-refractivity contribution >= 4 is 16.5 Å². The van der Waals surface area contributed by atoms with Gasteiger partial charge in [0, 0.05) is 5.39 Å². The van der Waals surface area contributed by atoms with Crippen molar-refractivity contribution in [3.05, 3.63) is 60.3 Å². The van der Waals surface area contributed by atoms with E-state index in [-0.39, 0.29) is 0 Å². The molecule has 0 radical (unpaired) electrons. The Labute approximate surface area is 95.1 Å². The average molecular weight is 207 g/mol. The van der Waals surface area contributed by atoms with Crippen LogP contribution in [0.5, 0.6) is 0 Å². The van der Waals surface area contributed by atoms with Crippen molar-refractivity contribution in [1.29, 1.82) is 0 Å². The molecule has 3 rings (SSSR count). The van der Waals surface area contributed by atoms with E-state index in [1.807, 2.05) is 12.1 Å². The molecule has 1 heterocycles. The van der Waals surface area contributed by atoms with Crippen LogP contribution in [-0.2, 0) is 0 Å². The highest BCUT2D eigenvalue weighted by Crippen LogP contribution is 2.23. The highest BCUT2D eigenvalue weighted by atomic mass is 14.7. The fourth-order valence-corrected chi connectivity index (χ4v) is 2.06. The van der Waals surface area contributed by atoms with Gasteiger partial charge in [0.25, 0.3) is 0 Å². The van der Waals surface area contributed by atoms with Crippen molar-refractivity contribution in [3.63, 3.8) is 0 Å². The van der Waals surface area contributed by atoms with Gasteiger partial charge in [0.2, 0.25) is 0 Å². The van der Waals surface area contributed by atoms with E-state index >= 15 is 0 Å². The molecule has 0 amide bonds. The van der Waals surface area contributed by atoms with Crippen molar-refractivity contribution in [2.75, 3.05) is 0 Å². The molecule has 0 N–H and O–H groups in total. The number of fused-ring (bicyclic) bond motifs is 1. The summed E-state index contributed by atoms with van der Waals surface area (Å²) in [5, 5.41) is 1.21.